The zero-order valence-corrected chi connectivity index (χ0v) is 17.3. The van der Waals surface area contributed by atoms with Gasteiger partial charge in [-0.2, -0.15) is 0 Å². The van der Waals surface area contributed by atoms with Gasteiger partial charge in [0.1, 0.15) is 0 Å². The molecule has 1 aliphatic rings. The maximum absolute atomic E-state index is 13.0. The SMILES string of the molecule is COCC1(CNS(=O)(=O)c2ccccc2C(=O)c2ccccc2)CCCN1.Cl. The average Bonchev–Trinajstić information content (AvgIpc) is 3.16. The molecule has 1 heterocycles. The number of ether oxygens (including phenoxy) is 1. The maximum Gasteiger partial charge on any atom is 0.241 e. The molecule has 0 aliphatic carbocycles. The molecule has 1 aliphatic heterocycles. The van der Waals surface area contributed by atoms with Gasteiger partial charge >= 0.3 is 0 Å². The van der Waals surface area contributed by atoms with Gasteiger partial charge in [-0.1, -0.05) is 42.5 Å². The van der Waals surface area contributed by atoms with Crippen molar-refractivity contribution in [1.29, 1.82) is 0 Å². The first kappa shape index (κ1) is 22.5. The summed E-state index contributed by atoms with van der Waals surface area (Å²) in [5.41, 5.74) is 0.199. The van der Waals surface area contributed by atoms with Gasteiger partial charge < -0.3 is 10.1 Å². The molecule has 28 heavy (non-hydrogen) atoms. The van der Waals surface area contributed by atoms with E-state index in [4.69, 9.17) is 4.74 Å². The van der Waals surface area contributed by atoms with Crippen LogP contribution in [0.15, 0.2) is 59.5 Å². The van der Waals surface area contributed by atoms with Crippen molar-refractivity contribution < 1.29 is 17.9 Å². The van der Waals surface area contributed by atoms with E-state index in [1.165, 1.54) is 6.07 Å². The van der Waals surface area contributed by atoms with Crippen LogP contribution in [0.2, 0.25) is 0 Å². The third-order valence-corrected chi connectivity index (χ3v) is 6.27. The second-order valence-corrected chi connectivity index (χ2v) is 8.49. The molecule has 0 bridgehead atoms. The molecule has 2 aromatic rings. The predicted octanol–water partition coefficient (Wildman–Crippen LogP) is 2.39. The van der Waals surface area contributed by atoms with Gasteiger partial charge in [0, 0.05) is 24.8 Å². The van der Waals surface area contributed by atoms with Crippen LogP contribution in [0.1, 0.15) is 28.8 Å². The standard InChI is InChI=1S/C20H24N2O4S.ClH/c1-26-15-20(12-7-13-21-20)14-22-27(24,25)18-11-6-5-10-17(18)19(23)16-8-3-2-4-9-16;/h2-6,8-11,21-22H,7,12-15H2,1H3;1H. The molecule has 0 amide bonds. The lowest BCUT2D eigenvalue weighted by atomic mass is 9.99. The van der Waals surface area contributed by atoms with Crippen LogP contribution < -0.4 is 10.0 Å². The molecule has 1 atom stereocenters. The van der Waals surface area contributed by atoms with Crippen LogP contribution in [-0.2, 0) is 14.8 Å². The van der Waals surface area contributed by atoms with E-state index < -0.39 is 15.6 Å². The molecule has 0 saturated carbocycles. The van der Waals surface area contributed by atoms with Crippen LogP contribution in [0.5, 0.6) is 0 Å². The van der Waals surface area contributed by atoms with Crippen molar-refractivity contribution in [2.24, 2.45) is 0 Å². The van der Waals surface area contributed by atoms with Gasteiger partial charge in [0.2, 0.25) is 10.0 Å². The third kappa shape index (κ3) is 4.98. The number of benzene rings is 2. The molecule has 0 radical (unpaired) electrons. The highest BCUT2D eigenvalue weighted by Gasteiger charge is 2.35. The van der Waals surface area contributed by atoms with Crippen molar-refractivity contribution in [3.8, 4) is 0 Å². The first-order chi connectivity index (χ1) is 13.0. The van der Waals surface area contributed by atoms with Gasteiger partial charge in [0.05, 0.1) is 17.0 Å². The highest BCUT2D eigenvalue weighted by atomic mass is 35.5. The Hall–Kier alpha value is -1.77. The Bertz CT molecular complexity index is 897. The molecule has 0 aromatic heterocycles. The van der Waals surface area contributed by atoms with E-state index in [1.54, 1.807) is 49.6 Å². The molecule has 3 rings (SSSR count). The largest absolute Gasteiger partial charge is 0.383 e. The monoisotopic (exact) mass is 424 g/mol. The number of hydrogen-bond donors (Lipinski definition) is 2. The molecular weight excluding hydrogens is 400 g/mol. The summed E-state index contributed by atoms with van der Waals surface area (Å²) in [6, 6.07) is 15.0. The number of nitrogens with one attached hydrogen (secondary N) is 2. The Kier molecular flexibility index (Phi) is 7.74. The van der Waals surface area contributed by atoms with Crippen molar-refractivity contribution in [1.82, 2.24) is 10.0 Å². The number of carbonyl (C=O) groups excluding carboxylic acids is 1. The summed E-state index contributed by atoms with van der Waals surface area (Å²) >= 11 is 0. The highest BCUT2D eigenvalue weighted by molar-refractivity contribution is 7.89. The first-order valence-corrected chi connectivity index (χ1v) is 10.4. The molecule has 1 unspecified atom stereocenters. The van der Waals surface area contributed by atoms with Crippen LogP contribution in [0.3, 0.4) is 0 Å². The quantitative estimate of drug-likeness (QED) is 0.635. The second-order valence-electron chi connectivity index (χ2n) is 6.76. The van der Waals surface area contributed by atoms with Gasteiger partial charge in [0.25, 0.3) is 0 Å². The second kappa shape index (κ2) is 9.62. The van der Waals surface area contributed by atoms with Crippen LogP contribution in [0, 0.1) is 0 Å². The van der Waals surface area contributed by atoms with Crippen molar-refractivity contribution in [2.75, 3.05) is 26.8 Å². The minimum absolute atomic E-state index is 0. The summed E-state index contributed by atoms with van der Waals surface area (Å²) in [6.07, 6.45) is 1.79. The maximum atomic E-state index is 13.0. The van der Waals surface area contributed by atoms with Gasteiger partial charge in [-0.25, -0.2) is 13.1 Å². The summed E-state index contributed by atoms with van der Waals surface area (Å²) in [5, 5.41) is 3.34. The Balaban J connectivity index is 0.00000280. The van der Waals surface area contributed by atoms with E-state index in [0.717, 1.165) is 19.4 Å². The van der Waals surface area contributed by atoms with Gasteiger partial charge in [0.15, 0.2) is 5.78 Å². The molecule has 1 saturated heterocycles. The van der Waals surface area contributed by atoms with E-state index in [9.17, 15) is 13.2 Å². The van der Waals surface area contributed by atoms with E-state index in [1.807, 2.05) is 6.07 Å². The molecule has 2 aromatic carbocycles. The fraction of sp³-hybridized carbons (Fsp3) is 0.350. The van der Waals surface area contributed by atoms with Crippen LogP contribution in [0.25, 0.3) is 0 Å². The Morgan fingerprint density at radius 1 is 1.14 bits per heavy atom. The molecule has 152 valence electrons. The van der Waals surface area contributed by atoms with Gasteiger partial charge in [-0.05, 0) is 31.5 Å². The third-order valence-electron chi connectivity index (χ3n) is 4.81. The molecule has 8 heteroatoms. The normalized spacial score (nSPS) is 19.2. The Morgan fingerprint density at radius 2 is 1.82 bits per heavy atom. The lowest BCUT2D eigenvalue weighted by molar-refractivity contribution is 0.103. The van der Waals surface area contributed by atoms with Crippen molar-refractivity contribution in [3.63, 3.8) is 0 Å². The van der Waals surface area contributed by atoms with Crippen molar-refractivity contribution in [2.45, 2.75) is 23.3 Å². The molecule has 1 fully saturated rings. The average molecular weight is 425 g/mol. The fourth-order valence-electron chi connectivity index (χ4n) is 3.41. The molecular formula is C20H25ClN2O4S. The zero-order chi connectivity index (χ0) is 19.3. The van der Waals surface area contributed by atoms with Crippen LogP contribution >= 0.6 is 12.4 Å². The smallest absolute Gasteiger partial charge is 0.241 e. The lowest BCUT2D eigenvalue weighted by Gasteiger charge is -2.29. The highest BCUT2D eigenvalue weighted by Crippen LogP contribution is 2.22. The van der Waals surface area contributed by atoms with E-state index in [0.29, 0.717) is 12.2 Å². The zero-order valence-electron chi connectivity index (χ0n) is 15.7. The number of halogens is 1. The van der Waals surface area contributed by atoms with Gasteiger partial charge in [-0.3, -0.25) is 4.79 Å². The number of sulfonamides is 1. The van der Waals surface area contributed by atoms with Crippen molar-refractivity contribution >= 4 is 28.2 Å². The minimum atomic E-state index is -3.85. The summed E-state index contributed by atoms with van der Waals surface area (Å²) in [5.74, 6) is -0.317. The molecule has 2 N–H and O–H groups in total. The summed E-state index contributed by atoms with van der Waals surface area (Å²) in [6.45, 7) is 1.45. The number of hydrogen-bond acceptors (Lipinski definition) is 5. The summed E-state index contributed by atoms with van der Waals surface area (Å²) in [7, 11) is -2.25. The molecule has 0 spiro atoms. The van der Waals surface area contributed by atoms with Crippen LogP contribution in [0.4, 0.5) is 0 Å². The number of methoxy groups -OCH3 is 1. The topological polar surface area (TPSA) is 84.5 Å². The fourth-order valence-corrected chi connectivity index (χ4v) is 4.74. The van der Waals surface area contributed by atoms with Crippen molar-refractivity contribution in [3.05, 3.63) is 65.7 Å². The Morgan fingerprint density at radius 3 is 2.46 bits per heavy atom. The van der Waals surface area contributed by atoms with Crippen LogP contribution in [-0.4, -0.2) is 46.5 Å². The summed E-state index contributed by atoms with van der Waals surface area (Å²) in [4.78, 5) is 12.8. The number of rotatable bonds is 8. The number of ketones is 1. The predicted molar refractivity (Wildman–Crippen MR) is 111 cm³/mol. The van der Waals surface area contributed by atoms with E-state index >= 15 is 0 Å². The number of carbonyl (C=O) groups is 1. The van der Waals surface area contributed by atoms with E-state index in [-0.39, 0.29) is 35.2 Å². The first-order valence-electron chi connectivity index (χ1n) is 8.90. The summed E-state index contributed by atoms with van der Waals surface area (Å²) < 4.78 is 33.9. The molecule has 6 nitrogen and oxygen atoms in total. The Labute approximate surface area is 172 Å². The van der Waals surface area contributed by atoms with E-state index in [2.05, 4.69) is 10.0 Å². The minimum Gasteiger partial charge on any atom is -0.383 e. The lowest BCUT2D eigenvalue weighted by Crippen LogP contribution is -2.53. The van der Waals surface area contributed by atoms with Gasteiger partial charge in [-0.15, -0.1) is 12.4 Å².